The van der Waals surface area contributed by atoms with Crippen molar-refractivity contribution in [1.82, 2.24) is 40.9 Å². The van der Waals surface area contributed by atoms with Gasteiger partial charge in [-0.3, -0.25) is 9.69 Å². The van der Waals surface area contributed by atoms with Crippen LogP contribution in [0.1, 0.15) is 38.6 Å². The highest BCUT2D eigenvalue weighted by molar-refractivity contribution is 5.99. The van der Waals surface area contributed by atoms with Crippen LogP contribution in [0.5, 0.6) is 0 Å². The molecule has 2 aliphatic rings. The minimum absolute atomic E-state index is 0. The van der Waals surface area contributed by atoms with Gasteiger partial charge in [0.1, 0.15) is 23.5 Å². The van der Waals surface area contributed by atoms with Gasteiger partial charge in [-0.15, -0.1) is 0 Å². The second-order valence-corrected chi connectivity index (χ2v) is 11.2. The maximum atomic E-state index is 9.00. The standard InChI is InChI=1S/C29H32N8O.C2H4O2.H3N/c1-35-14-16-36(17-15-35)21-10-12-22(13-11-21)37-29-25(28(30)31-18-32-29)27(33-37)20-8-6-19(7-9-20)26-23-4-2-3-5-24(23)38-34-26;1-2(3)4;/h2-9,18,21-22H,10-17H2,1H3,(H2,30,31,32);1H3,(H,3,4);1H3. The molecular weight excluding hydrogens is 546 g/mol. The molecule has 0 amide bonds. The normalized spacial score (nSPS) is 19.5. The van der Waals surface area contributed by atoms with Crippen molar-refractivity contribution < 1.29 is 14.4 Å². The summed E-state index contributed by atoms with van der Waals surface area (Å²) < 4.78 is 7.62. The van der Waals surface area contributed by atoms with Gasteiger partial charge in [0.2, 0.25) is 0 Å². The van der Waals surface area contributed by atoms with Crippen molar-refractivity contribution in [3.63, 3.8) is 0 Å². The molecule has 1 saturated carbocycles. The van der Waals surface area contributed by atoms with Crippen LogP contribution in [0.2, 0.25) is 0 Å². The highest BCUT2D eigenvalue weighted by Gasteiger charge is 2.30. The first-order chi connectivity index (χ1) is 20.4. The monoisotopic (exact) mass is 585 g/mol. The molecule has 226 valence electrons. The van der Waals surface area contributed by atoms with Crippen molar-refractivity contribution in [2.24, 2.45) is 0 Å². The Hall–Kier alpha value is -4.39. The summed E-state index contributed by atoms with van der Waals surface area (Å²) in [7, 11) is 2.21. The van der Waals surface area contributed by atoms with Crippen LogP contribution < -0.4 is 11.9 Å². The first-order valence-electron chi connectivity index (χ1n) is 14.4. The number of anilines is 1. The number of likely N-dealkylation sites (N-methyl/N-ethyl adjacent to an activating group) is 1. The largest absolute Gasteiger partial charge is 0.481 e. The molecule has 4 heterocycles. The van der Waals surface area contributed by atoms with Crippen molar-refractivity contribution in [3.05, 3.63) is 54.9 Å². The molecule has 1 aliphatic carbocycles. The first-order valence-corrected chi connectivity index (χ1v) is 14.4. The van der Waals surface area contributed by atoms with Crippen LogP contribution in [-0.2, 0) is 4.79 Å². The van der Waals surface area contributed by atoms with E-state index in [0.29, 0.717) is 17.9 Å². The van der Waals surface area contributed by atoms with E-state index in [-0.39, 0.29) is 6.15 Å². The Morgan fingerprint density at radius 2 is 1.51 bits per heavy atom. The zero-order valence-corrected chi connectivity index (χ0v) is 24.7. The maximum absolute atomic E-state index is 9.00. The number of hydrogen-bond acceptors (Lipinski definition) is 10. The lowest BCUT2D eigenvalue weighted by atomic mass is 9.90. The Bertz CT molecular complexity index is 1680. The number of carboxylic acid groups (broad SMARTS) is 1. The maximum Gasteiger partial charge on any atom is 0.300 e. The lowest BCUT2D eigenvalue weighted by molar-refractivity contribution is -0.134. The summed E-state index contributed by atoms with van der Waals surface area (Å²) in [5, 5.41) is 18.7. The van der Waals surface area contributed by atoms with Crippen molar-refractivity contribution in [3.8, 4) is 22.5 Å². The Morgan fingerprint density at radius 3 is 2.19 bits per heavy atom. The molecule has 1 aliphatic heterocycles. The SMILES string of the molecule is CC(=O)O.CN1CCN(C2CCC(n3nc(-c4ccc(-c5noc6ccccc56)cc4)c4c(N)ncnc43)CC2)CC1.N. The molecule has 6 N–H and O–H groups in total. The summed E-state index contributed by atoms with van der Waals surface area (Å²) in [5.41, 5.74) is 11.6. The predicted molar refractivity (Wildman–Crippen MR) is 167 cm³/mol. The third-order valence-corrected chi connectivity index (χ3v) is 8.39. The Morgan fingerprint density at radius 1 is 0.907 bits per heavy atom. The number of rotatable bonds is 4. The number of aliphatic carboxylic acids is 1. The number of piperazine rings is 1. The minimum atomic E-state index is -0.833. The van der Waals surface area contributed by atoms with Gasteiger partial charge in [-0.2, -0.15) is 5.10 Å². The molecule has 0 unspecified atom stereocenters. The number of carbonyl (C=O) groups is 1. The number of benzene rings is 2. The number of para-hydroxylation sites is 1. The van der Waals surface area contributed by atoms with E-state index in [9.17, 15) is 0 Å². The summed E-state index contributed by atoms with van der Waals surface area (Å²) in [4.78, 5) is 23.1. The zero-order chi connectivity index (χ0) is 29.2. The third kappa shape index (κ3) is 6.21. The number of hydrogen-bond donors (Lipinski definition) is 3. The van der Waals surface area contributed by atoms with E-state index in [2.05, 4.69) is 60.9 Å². The number of nitrogens with zero attached hydrogens (tertiary/aromatic N) is 7. The number of aromatic nitrogens is 5. The molecule has 2 fully saturated rings. The van der Waals surface area contributed by atoms with E-state index >= 15 is 0 Å². The van der Waals surface area contributed by atoms with Crippen molar-refractivity contribution in [2.45, 2.75) is 44.7 Å². The number of nitrogen functional groups attached to an aromatic ring is 1. The molecule has 0 atom stereocenters. The quantitative estimate of drug-likeness (QED) is 0.262. The second kappa shape index (κ2) is 12.9. The molecular formula is C31H39N9O3. The summed E-state index contributed by atoms with van der Waals surface area (Å²) in [6, 6.07) is 17.2. The van der Waals surface area contributed by atoms with Crippen LogP contribution in [0.3, 0.4) is 0 Å². The van der Waals surface area contributed by atoms with Crippen molar-refractivity contribution in [1.29, 1.82) is 0 Å². The second-order valence-electron chi connectivity index (χ2n) is 11.2. The van der Waals surface area contributed by atoms with E-state index < -0.39 is 5.97 Å². The Kier molecular flexibility index (Phi) is 9.00. The van der Waals surface area contributed by atoms with Crippen LogP contribution in [0, 0.1) is 0 Å². The molecule has 12 nitrogen and oxygen atoms in total. The van der Waals surface area contributed by atoms with Gasteiger partial charge in [-0.05, 0) is 44.9 Å². The van der Waals surface area contributed by atoms with E-state index in [1.807, 2.05) is 24.3 Å². The lowest BCUT2D eigenvalue weighted by Crippen LogP contribution is -2.49. The summed E-state index contributed by atoms with van der Waals surface area (Å²) in [6.45, 7) is 5.75. The average Bonchev–Trinajstić information content (AvgIpc) is 3.61. The van der Waals surface area contributed by atoms with E-state index in [4.69, 9.17) is 25.3 Å². The van der Waals surface area contributed by atoms with Gasteiger partial charge in [-0.1, -0.05) is 41.6 Å². The summed E-state index contributed by atoms with van der Waals surface area (Å²) in [5.74, 6) is -0.367. The molecule has 3 aromatic heterocycles. The molecule has 2 aromatic carbocycles. The Labute approximate surface area is 250 Å². The first kappa shape index (κ1) is 30.1. The van der Waals surface area contributed by atoms with E-state index in [0.717, 1.165) is 77.4 Å². The van der Waals surface area contributed by atoms with Gasteiger partial charge in [-0.25, -0.2) is 14.6 Å². The van der Waals surface area contributed by atoms with Crippen LogP contribution in [0.4, 0.5) is 5.82 Å². The van der Waals surface area contributed by atoms with Crippen LogP contribution in [0.25, 0.3) is 44.5 Å². The van der Waals surface area contributed by atoms with Crippen LogP contribution >= 0.6 is 0 Å². The highest BCUT2D eigenvalue weighted by Crippen LogP contribution is 2.38. The lowest BCUT2D eigenvalue weighted by Gasteiger charge is -2.41. The Balaban J connectivity index is 0.000000695. The molecule has 43 heavy (non-hydrogen) atoms. The van der Waals surface area contributed by atoms with Gasteiger partial charge in [0.05, 0.1) is 11.4 Å². The number of fused-ring (bicyclic) bond motifs is 2. The molecule has 0 bridgehead atoms. The fourth-order valence-electron chi connectivity index (χ4n) is 6.19. The molecule has 0 radical (unpaired) electrons. The summed E-state index contributed by atoms with van der Waals surface area (Å²) in [6.07, 6.45) is 6.11. The molecule has 1 saturated heterocycles. The van der Waals surface area contributed by atoms with Gasteiger partial charge in [0.15, 0.2) is 11.2 Å². The minimum Gasteiger partial charge on any atom is -0.481 e. The molecule has 12 heteroatoms. The van der Waals surface area contributed by atoms with E-state index in [1.54, 1.807) is 6.33 Å². The van der Waals surface area contributed by atoms with Gasteiger partial charge < -0.3 is 26.4 Å². The zero-order valence-electron chi connectivity index (χ0n) is 24.7. The van der Waals surface area contributed by atoms with Crippen molar-refractivity contribution in [2.75, 3.05) is 39.0 Å². The smallest absolute Gasteiger partial charge is 0.300 e. The predicted octanol–water partition coefficient (Wildman–Crippen LogP) is 4.87. The van der Waals surface area contributed by atoms with Crippen LogP contribution in [-0.4, -0.2) is 85.0 Å². The van der Waals surface area contributed by atoms with Gasteiger partial charge in [0, 0.05) is 55.7 Å². The highest BCUT2D eigenvalue weighted by atomic mass is 16.5. The number of nitrogens with two attached hydrogens (primary N) is 1. The third-order valence-electron chi connectivity index (χ3n) is 8.39. The molecule has 5 aromatic rings. The van der Waals surface area contributed by atoms with Crippen LogP contribution in [0.15, 0.2) is 59.4 Å². The fourth-order valence-corrected chi connectivity index (χ4v) is 6.19. The number of carboxylic acids is 1. The molecule has 0 spiro atoms. The molecule has 7 rings (SSSR count). The topological polar surface area (TPSA) is 174 Å². The van der Waals surface area contributed by atoms with Crippen molar-refractivity contribution >= 4 is 33.8 Å². The summed E-state index contributed by atoms with van der Waals surface area (Å²) >= 11 is 0. The van der Waals surface area contributed by atoms with Gasteiger partial charge >= 0.3 is 0 Å². The van der Waals surface area contributed by atoms with Gasteiger partial charge in [0.25, 0.3) is 5.97 Å². The average molecular weight is 586 g/mol. The fraction of sp³-hybridized carbons (Fsp3) is 0.387. The van der Waals surface area contributed by atoms with E-state index in [1.165, 1.54) is 25.9 Å².